The van der Waals surface area contributed by atoms with Crippen LogP contribution < -0.4 is 0 Å². The van der Waals surface area contributed by atoms with Crippen LogP contribution in [0.1, 0.15) is 37.0 Å². The molecule has 0 fully saturated rings. The predicted octanol–water partition coefficient (Wildman–Crippen LogP) is 4.91. The first-order valence-corrected chi connectivity index (χ1v) is 7.37. The van der Waals surface area contributed by atoms with E-state index in [1.54, 1.807) is 12.1 Å². The van der Waals surface area contributed by atoms with E-state index in [0.29, 0.717) is 12.2 Å². The maximum atomic E-state index is 11.7. The van der Waals surface area contributed by atoms with Crippen molar-refractivity contribution >= 4 is 28.6 Å². The van der Waals surface area contributed by atoms with Crippen molar-refractivity contribution < 1.29 is 9.53 Å². The second kappa shape index (κ2) is 8.91. The van der Waals surface area contributed by atoms with Crippen molar-refractivity contribution in [2.75, 3.05) is 6.61 Å². The van der Waals surface area contributed by atoms with Crippen molar-refractivity contribution in [3.8, 4) is 0 Å². The van der Waals surface area contributed by atoms with Gasteiger partial charge in [-0.1, -0.05) is 29.8 Å². The first-order chi connectivity index (χ1) is 9.09. The minimum absolute atomic E-state index is 0.273. The third kappa shape index (κ3) is 7.15. The van der Waals surface area contributed by atoms with Crippen molar-refractivity contribution in [1.82, 2.24) is 0 Å². The van der Waals surface area contributed by atoms with Crippen LogP contribution in [0.4, 0.5) is 0 Å². The molecule has 0 aliphatic carbocycles. The fourth-order valence-electron chi connectivity index (χ4n) is 1.47. The van der Waals surface area contributed by atoms with Gasteiger partial charge in [0.1, 0.15) is 6.61 Å². The lowest BCUT2D eigenvalue weighted by atomic mass is 10.2. The topological polar surface area (TPSA) is 26.3 Å². The molecule has 0 radical (unpaired) electrons. The smallest absolute Gasteiger partial charge is 0.338 e. The van der Waals surface area contributed by atoms with Crippen LogP contribution in [0.5, 0.6) is 0 Å². The van der Waals surface area contributed by atoms with E-state index in [1.165, 1.54) is 9.15 Å². The summed E-state index contributed by atoms with van der Waals surface area (Å²) in [7, 11) is 0. The fourth-order valence-corrected chi connectivity index (χ4v) is 1.96. The Morgan fingerprint density at radius 2 is 1.89 bits per heavy atom. The molecule has 0 saturated heterocycles. The van der Waals surface area contributed by atoms with Crippen LogP contribution in [0.3, 0.4) is 0 Å². The molecule has 0 heterocycles. The van der Waals surface area contributed by atoms with Gasteiger partial charge in [-0.2, -0.15) is 0 Å². The van der Waals surface area contributed by atoms with Crippen molar-refractivity contribution in [3.05, 3.63) is 57.2 Å². The number of esters is 1. The third-order valence-corrected chi connectivity index (χ3v) is 3.44. The summed E-state index contributed by atoms with van der Waals surface area (Å²) in [5, 5.41) is 0. The summed E-state index contributed by atoms with van der Waals surface area (Å²) < 4.78 is 6.41. The maximum Gasteiger partial charge on any atom is 0.338 e. The summed E-state index contributed by atoms with van der Waals surface area (Å²) in [6.07, 6.45) is 6.20. The Kier molecular flexibility index (Phi) is 7.48. The van der Waals surface area contributed by atoms with Gasteiger partial charge < -0.3 is 4.74 Å². The number of allylic oxidation sites excluding steroid dienone is 3. The van der Waals surface area contributed by atoms with E-state index in [2.05, 4.69) is 42.5 Å². The summed E-state index contributed by atoms with van der Waals surface area (Å²) in [5.74, 6) is -0.273. The molecule has 3 heteroatoms. The number of benzene rings is 1. The highest BCUT2D eigenvalue weighted by Gasteiger charge is 2.04. The molecule has 0 spiro atoms. The molecule has 102 valence electrons. The van der Waals surface area contributed by atoms with Crippen LogP contribution in [-0.4, -0.2) is 12.6 Å². The SMILES string of the molecule is CC(C)=CCC/C(I)=C\COC(=O)c1ccccc1. The second-order valence-electron chi connectivity index (χ2n) is 4.44. The highest BCUT2D eigenvalue weighted by molar-refractivity contribution is 14.1. The number of hydrogen-bond donors (Lipinski definition) is 0. The number of hydrogen-bond acceptors (Lipinski definition) is 2. The van der Waals surface area contributed by atoms with Gasteiger partial charge in [0.05, 0.1) is 5.56 Å². The highest BCUT2D eigenvalue weighted by atomic mass is 127. The predicted molar refractivity (Wildman–Crippen MR) is 87.5 cm³/mol. The van der Waals surface area contributed by atoms with E-state index in [9.17, 15) is 4.79 Å². The summed E-state index contributed by atoms with van der Waals surface area (Å²) in [4.78, 5) is 11.7. The number of rotatable bonds is 6. The average molecular weight is 370 g/mol. The number of carbonyl (C=O) groups is 1. The van der Waals surface area contributed by atoms with E-state index in [0.717, 1.165) is 12.8 Å². The molecular formula is C16H19IO2. The van der Waals surface area contributed by atoms with Crippen molar-refractivity contribution in [3.63, 3.8) is 0 Å². The minimum Gasteiger partial charge on any atom is -0.458 e. The molecule has 0 unspecified atom stereocenters. The number of ether oxygens (including phenoxy) is 1. The largest absolute Gasteiger partial charge is 0.458 e. The normalized spacial score (nSPS) is 11.0. The van der Waals surface area contributed by atoms with E-state index in [1.807, 2.05) is 24.3 Å². The summed E-state index contributed by atoms with van der Waals surface area (Å²) in [5.41, 5.74) is 1.93. The van der Waals surface area contributed by atoms with Crippen LogP contribution in [0.2, 0.25) is 0 Å². The molecule has 0 atom stereocenters. The Labute approximate surface area is 128 Å². The van der Waals surface area contributed by atoms with Crippen molar-refractivity contribution in [1.29, 1.82) is 0 Å². The monoisotopic (exact) mass is 370 g/mol. The van der Waals surface area contributed by atoms with Gasteiger partial charge in [-0.3, -0.25) is 0 Å². The number of carbonyl (C=O) groups excluding carboxylic acids is 1. The Bertz CT molecular complexity index is 457. The van der Waals surface area contributed by atoms with Gasteiger partial charge >= 0.3 is 5.97 Å². The van der Waals surface area contributed by atoms with Gasteiger partial charge in [-0.05, 0) is 71.1 Å². The van der Waals surface area contributed by atoms with Crippen LogP contribution in [-0.2, 0) is 4.74 Å². The van der Waals surface area contributed by atoms with Crippen molar-refractivity contribution in [2.45, 2.75) is 26.7 Å². The van der Waals surface area contributed by atoms with Gasteiger partial charge in [0.15, 0.2) is 0 Å². The van der Waals surface area contributed by atoms with Crippen LogP contribution in [0, 0.1) is 0 Å². The molecule has 0 aliphatic rings. The molecule has 0 bridgehead atoms. The lowest BCUT2D eigenvalue weighted by Crippen LogP contribution is -2.04. The molecular weight excluding hydrogens is 351 g/mol. The van der Waals surface area contributed by atoms with Gasteiger partial charge in [0.2, 0.25) is 0 Å². The van der Waals surface area contributed by atoms with Crippen LogP contribution in [0.25, 0.3) is 0 Å². The quantitative estimate of drug-likeness (QED) is 0.404. The minimum atomic E-state index is -0.273. The molecule has 0 amide bonds. The zero-order valence-electron chi connectivity index (χ0n) is 11.4. The molecule has 0 aromatic heterocycles. The molecule has 1 rings (SSSR count). The van der Waals surface area contributed by atoms with Crippen LogP contribution >= 0.6 is 22.6 Å². The lowest BCUT2D eigenvalue weighted by Gasteiger charge is -2.02. The maximum absolute atomic E-state index is 11.7. The molecule has 1 aromatic carbocycles. The van der Waals surface area contributed by atoms with Gasteiger partial charge in [0.25, 0.3) is 0 Å². The Balaban J connectivity index is 2.33. The molecule has 19 heavy (non-hydrogen) atoms. The standard InChI is InChI=1S/C16H19IO2/c1-13(2)7-6-10-15(17)11-12-19-16(18)14-8-4-3-5-9-14/h3-5,7-9,11H,6,10,12H2,1-2H3/b15-11+. The molecule has 0 saturated carbocycles. The molecule has 0 N–H and O–H groups in total. The Morgan fingerprint density at radius 1 is 1.21 bits per heavy atom. The third-order valence-electron chi connectivity index (χ3n) is 2.46. The van der Waals surface area contributed by atoms with Crippen molar-refractivity contribution in [2.24, 2.45) is 0 Å². The first kappa shape index (κ1) is 16.0. The van der Waals surface area contributed by atoms with E-state index in [-0.39, 0.29) is 5.97 Å². The van der Waals surface area contributed by atoms with Gasteiger partial charge in [-0.25, -0.2) is 4.79 Å². The average Bonchev–Trinajstić information content (AvgIpc) is 2.39. The number of halogens is 1. The zero-order valence-corrected chi connectivity index (χ0v) is 13.5. The van der Waals surface area contributed by atoms with Gasteiger partial charge in [-0.15, -0.1) is 0 Å². The first-order valence-electron chi connectivity index (χ1n) is 6.29. The summed E-state index contributed by atoms with van der Waals surface area (Å²) >= 11 is 2.29. The fraction of sp³-hybridized carbons (Fsp3) is 0.312. The Hall–Kier alpha value is -1.10. The molecule has 2 nitrogen and oxygen atoms in total. The summed E-state index contributed by atoms with van der Waals surface area (Å²) in [6, 6.07) is 9.05. The van der Waals surface area contributed by atoms with E-state index in [4.69, 9.17) is 4.74 Å². The van der Waals surface area contributed by atoms with E-state index < -0.39 is 0 Å². The van der Waals surface area contributed by atoms with E-state index >= 15 is 0 Å². The zero-order chi connectivity index (χ0) is 14.1. The van der Waals surface area contributed by atoms with Gasteiger partial charge in [0, 0.05) is 0 Å². The second-order valence-corrected chi connectivity index (χ2v) is 5.82. The van der Waals surface area contributed by atoms with Crippen LogP contribution in [0.15, 0.2) is 51.6 Å². The lowest BCUT2D eigenvalue weighted by molar-refractivity contribution is 0.0549. The molecule has 1 aromatic rings. The highest BCUT2D eigenvalue weighted by Crippen LogP contribution is 2.14. The summed E-state index contributed by atoms with van der Waals surface area (Å²) in [6.45, 7) is 4.53. The Morgan fingerprint density at radius 3 is 2.53 bits per heavy atom. The molecule has 0 aliphatic heterocycles.